The molecule has 96 valence electrons. The molecule has 0 bridgehead atoms. The van der Waals surface area contributed by atoms with Crippen molar-refractivity contribution in [1.82, 2.24) is 10.2 Å². The Balaban J connectivity index is 1.86. The Labute approximate surface area is 107 Å². The van der Waals surface area contributed by atoms with Crippen molar-refractivity contribution in [3.8, 4) is 0 Å². The van der Waals surface area contributed by atoms with E-state index < -0.39 is 0 Å². The summed E-state index contributed by atoms with van der Waals surface area (Å²) in [5.41, 5.74) is 0. The van der Waals surface area contributed by atoms with Gasteiger partial charge in [-0.3, -0.25) is 9.79 Å². The van der Waals surface area contributed by atoms with E-state index in [9.17, 15) is 4.79 Å². The molecule has 1 N–H and O–H groups in total. The first kappa shape index (κ1) is 12.7. The SMILES string of the molecule is CC(C)[C@H]1CSC(NC2CCC(=O)N(C)C2)=N1. The van der Waals surface area contributed by atoms with E-state index >= 15 is 0 Å². The van der Waals surface area contributed by atoms with E-state index in [0.717, 1.165) is 23.9 Å². The number of thioether (sulfide) groups is 1. The van der Waals surface area contributed by atoms with Crippen molar-refractivity contribution in [3.05, 3.63) is 0 Å². The number of likely N-dealkylation sites (N-methyl/N-ethyl adjacent to an activating group) is 1. The number of aliphatic imine (C=N–C) groups is 1. The minimum atomic E-state index is 0.254. The molecule has 0 radical (unpaired) electrons. The third kappa shape index (κ3) is 3.15. The zero-order valence-corrected chi connectivity index (χ0v) is 11.6. The summed E-state index contributed by atoms with van der Waals surface area (Å²) >= 11 is 1.81. The molecule has 0 saturated carbocycles. The first-order valence-corrected chi connectivity index (χ1v) is 7.26. The summed E-state index contributed by atoms with van der Waals surface area (Å²) in [7, 11) is 1.87. The monoisotopic (exact) mass is 255 g/mol. The van der Waals surface area contributed by atoms with Crippen molar-refractivity contribution in [3.63, 3.8) is 0 Å². The molecule has 2 heterocycles. The minimum Gasteiger partial charge on any atom is -0.360 e. The van der Waals surface area contributed by atoms with Crippen LogP contribution in [0.2, 0.25) is 0 Å². The molecular weight excluding hydrogens is 234 g/mol. The Kier molecular flexibility index (Phi) is 3.97. The van der Waals surface area contributed by atoms with Crippen molar-refractivity contribution in [1.29, 1.82) is 0 Å². The van der Waals surface area contributed by atoms with E-state index in [2.05, 4.69) is 19.2 Å². The molecule has 2 atom stereocenters. The molecule has 4 nitrogen and oxygen atoms in total. The van der Waals surface area contributed by atoms with Gasteiger partial charge in [-0.25, -0.2) is 0 Å². The summed E-state index contributed by atoms with van der Waals surface area (Å²) in [6, 6.07) is 0.820. The Morgan fingerprint density at radius 3 is 2.88 bits per heavy atom. The molecule has 2 aliphatic rings. The highest BCUT2D eigenvalue weighted by Gasteiger charge is 2.26. The predicted molar refractivity (Wildman–Crippen MR) is 72.3 cm³/mol. The van der Waals surface area contributed by atoms with Crippen LogP contribution in [0.1, 0.15) is 26.7 Å². The maximum Gasteiger partial charge on any atom is 0.222 e. The van der Waals surface area contributed by atoms with Gasteiger partial charge in [0, 0.05) is 31.8 Å². The second-order valence-electron chi connectivity index (χ2n) is 5.21. The standard InChI is InChI=1S/C12H21N3OS/c1-8(2)10-7-17-12(14-10)13-9-4-5-11(16)15(3)6-9/h8-10H,4-7H2,1-3H3,(H,13,14)/t9?,10-/m1/s1. The Morgan fingerprint density at radius 2 is 2.29 bits per heavy atom. The van der Waals surface area contributed by atoms with Crippen LogP contribution in [0.3, 0.4) is 0 Å². The first-order valence-electron chi connectivity index (χ1n) is 6.27. The van der Waals surface area contributed by atoms with Gasteiger partial charge in [0.05, 0.1) is 6.04 Å². The quantitative estimate of drug-likeness (QED) is 0.809. The summed E-state index contributed by atoms with van der Waals surface area (Å²) in [6.07, 6.45) is 1.58. The second kappa shape index (κ2) is 5.29. The number of piperidine rings is 1. The van der Waals surface area contributed by atoms with Crippen molar-refractivity contribution in [2.45, 2.75) is 38.8 Å². The molecule has 2 aliphatic heterocycles. The van der Waals surface area contributed by atoms with Gasteiger partial charge in [-0.2, -0.15) is 0 Å². The number of rotatable bonds is 2. The zero-order chi connectivity index (χ0) is 12.4. The van der Waals surface area contributed by atoms with E-state index in [0.29, 0.717) is 24.4 Å². The number of hydrogen-bond acceptors (Lipinski definition) is 4. The predicted octanol–water partition coefficient (Wildman–Crippen LogP) is 1.32. The van der Waals surface area contributed by atoms with Crippen molar-refractivity contribution >= 4 is 22.8 Å². The van der Waals surface area contributed by atoms with E-state index in [1.165, 1.54) is 0 Å². The highest BCUT2D eigenvalue weighted by molar-refractivity contribution is 8.14. The Morgan fingerprint density at radius 1 is 1.53 bits per heavy atom. The topological polar surface area (TPSA) is 44.7 Å². The van der Waals surface area contributed by atoms with Crippen molar-refractivity contribution in [2.24, 2.45) is 10.9 Å². The molecule has 1 unspecified atom stereocenters. The summed E-state index contributed by atoms with van der Waals surface area (Å²) in [6.45, 7) is 5.22. The number of carbonyl (C=O) groups excluding carboxylic acids is 1. The third-order valence-electron chi connectivity index (χ3n) is 3.40. The first-order chi connectivity index (χ1) is 8.06. The minimum absolute atomic E-state index is 0.254. The fourth-order valence-corrected chi connectivity index (χ4v) is 3.36. The maximum absolute atomic E-state index is 11.4. The Bertz CT molecular complexity index is 330. The van der Waals surface area contributed by atoms with Gasteiger partial charge in [0.25, 0.3) is 0 Å². The van der Waals surface area contributed by atoms with Crippen LogP contribution in [0.15, 0.2) is 4.99 Å². The van der Waals surface area contributed by atoms with Gasteiger partial charge in [0.2, 0.25) is 5.91 Å². The normalized spacial score (nSPS) is 29.8. The van der Waals surface area contributed by atoms with Crippen LogP contribution in [0.4, 0.5) is 0 Å². The number of amidine groups is 1. The van der Waals surface area contributed by atoms with Gasteiger partial charge < -0.3 is 10.2 Å². The van der Waals surface area contributed by atoms with Gasteiger partial charge in [0.1, 0.15) is 0 Å². The molecule has 1 saturated heterocycles. The van der Waals surface area contributed by atoms with E-state index in [1.54, 1.807) is 4.90 Å². The van der Waals surface area contributed by atoms with Crippen LogP contribution in [0.25, 0.3) is 0 Å². The largest absolute Gasteiger partial charge is 0.360 e. The lowest BCUT2D eigenvalue weighted by Crippen LogP contribution is -2.47. The lowest BCUT2D eigenvalue weighted by atomic mass is 10.1. The number of nitrogens with one attached hydrogen (secondary N) is 1. The molecule has 1 amide bonds. The molecule has 0 spiro atoms. The number of hydrogen-bond donors (Lipinski definition) is 1. The lowest BCUT2D eigenvalue weighted by Gasteiger charge is -2.30. The van der Waals surface area contributed by atoms with E-state index in [4.69, 9.17) is 4.99 Å². The number of amides is 1. The fourth-order valence-electron chi connectivity index (χ4n) is 2.11. The highest BCUT2D eigenvalue weighted by atomic mass is 32.2. The lowest BCUT2D eigenvalue weighted by molar-refractivity contribution is -0.132. The van der Waals surface area contributed by atoms with Crippen molar-refractivity contribution in [2.75, 3.05) is 19.3 Å². The summed E-state index contributed by atoms with van der Waals surface area (Å²) in [5, 5.41) is 4.54. The van der Waals surface area contributed by atoms with Gasteiger partial charge in [-0.15, -0.1) is 0 Å². The number of likely N-dealkylation sites (tertiary alicyclic amines) is 1. The van der Waals surface area contributed by atoms with Gasteiger partial charge in [0.15, 0.2) is 5.17 Å². The number of carbonyl (C=O) groups is 1. The summed E-state index contributed by atoms with van der Waals surface area (Å²) < 4.78 is 0. The van der Waals surface area contributed by atoms with Crippen LogP contribution >= 0.6 is 11.8 Å². The molecule has 0 aromatic rings. The van der Waals surface area contributed by atoms with Crippen LogP contribution in [-0.4, -0.2) is 47.4 Å². The fraction of sp³-hybridized carbons (Fsp3) is 0.833. The van der Waals surface area contributed by atoms with E-state index in [1.807, 2.05) is 18.8 Å². The molecular formula is C12H21N3OS. The Hall–Kier alpha value is -0.710. The summed E-state index contributed by atoms with van der Waals surface area (Å²) in [5.74, 6) is 1.95. The van der Waals surface area contributed by atoms with Crippen LogP contribution in [0, 0.1) is 5.92 Å². The molecule has 0 aromatic carbocycles. The van der Waals surface area contributed by atoms with E-state index in [-0.39, 0.29) is 5.91 Å². The molecule has 2 rings (SSSR count). The average Bonchev–Trinajstić information content (AvgIpc) is 2.72. The highest BCUT2D eigenvalue weighted by Crippen LogP contribution is 2.23. The van der Waals surface area contributed by atoms with Gasteiger partial charge in [-0.05, 0) is 12.3 Å². The smallest absolute Gasteiger partial charge is 0.222 e. The van der Waals surface area contributed by atoms with Crippen LogP contribution in [-0.2, 0) is 4.79 Å². The van der Waals surface area contributed by atoms with Gasteiger partial charge in [-0.1, -0.05) is 25.6 Å². The van der Waals surface area contributed by atoms with Gasteiger partial charge >= 0.3 is 0 Å². The zero-order valence-electron chi connectivity index (χ0n) is 10.8. The maximum atomic E-state index is 11.4. The third-order valence-corrected chi connectivity index (χ3v) is 4.40. The summed E-state index contributed by atoms with van der Waals surface area (Å²) in [4.78, 5) is 17.9. The second-order valence-corrected chi connectivity index (χ2v) is 6.22. The average molecular weight is 255 g/mol. The molecule has 0 aromatic heterocycles. The van der Waals surface area contributed by atoms with Crippen LogP contribution < -0.4 is 5.32 Å². The molecule has 1 fully saturated rings. The van der Waals surface area contributed by atoms with Crippen LogP contribution in [0.5, 0.6) is 0 Å². The molecule has 17 heavy (non-hydrogen) atoms. The molecule has 5 heteroatoms. The van der Waals surface area contributed by atoms with Crippen molar-refractivity contribution < 1.29 is 4.79 Å². The number of nitrogens with zero attached hydrogens (tertiary/aromatic N) is 2. The molecule has 0 aliphatic carbocycles.